The Morgan fingerprint density at radius 2 is 2.00 bits per heavy atom. The van der Waals surface area contributed by atoms with Gasteiger partial charge in [0.05, 0.1) is 6.10 Å². The van der Waals surface area contributed by atoms with E-state index in [4.69, 9.17) is 4.74 Å². The predicted octanol–water partition coefficient (Wildman–Crippen LogP) is 2.48. The van der Waals surface area contributed by atoms with Gasteiger partial charge in [0, 0.05) is 25.3 Å². The normalized spacial score (nSPS) is 14.8. The van der Waals surface area contributed by atoms with Gasteiger partial charge in [0.25, 0.3) is 0 Å². The monoisotopic (exact) mass is 229 g/mol. The molecule has 0 bridgehead atoms. The molecule has 0 saturated carbocycles. The van der Waals surface area contributed by atoms with Crippen LogP contribution in [-0.4, -0.2) is 19.3 Å². The molecule has 0 spiro atoms. The molecule has 0 aliphatic rings. The van der Waals surface area contributed by atoms with Crippen molar-refractivity contribution in [3.63, 3.8) is 0 Å². The molecule has 0 saturated heterocycles. The molecule has 0 aromatic heterocycles. The summed E-state index contributed by atoms with van der Waals surface area (Å²) in [6.45, 7) is 4.14. The topological polar surface area (TPSA) is 21.3 Å². The molecule has 0 aliphatic carbocycles. The minimum atomic E-state index is -0.425. The molecule has 4 heteroatoms. The number of halogens is 2. The molecule has 0 heterocycles. The fraction of sp³-hybridized carbons (Fsp3) is 0.500. The minimum Gasteiger partial charge on any atom is -0.380 e. The molecule has 1 aromatic carbocycles. The first kappa shape index (κ1) is 13.1. The van der Waals surface area contributed by atoms with Gasteiger partial charge in [-0.05, 0) is 32.0 Å². The van der Waals surface area contributed by atoms with Gasteiger partial charge in [0.15, 0.2) is 0 Å². The van der Waals surface area contributed by atoms with Crippen LogP contribution in [0.15, 0.2) is 18.2 Å². The first-order valence-corrected chi connectivity index (χ1v) is 5.24. The Labute approximate surface area is 94.6 Å². The van der Waals surface area contributed by atoms with Crippen molar-refractivity contribution in [2.75, 3.05) is 7.11 Å². The molecule has 0 fully saturated rings. The lowest BCUT2D eigenvalue weighted by Gasteiger charge is -2.20. The largest absolute Gasteiger partial charge is 0.380 e. The first-order chi connectivity index (χ1) is 7.54. The second-order valence-corrected chi connectivity index (χ2v) is 3.85. The zero-order chi connectivity index (χ0) is 12.1. The van der Waals surface area contributed by atoms with Gasteiger partial charge in [-0.2, -0.15) is 0 Å². The third kappa shape index (κ3) is 3.54. The summed E-state index contributed by atoms with van der Waals surface area (Å²) in [6, 6.07) is 3.52. The fourth-order valence-corrected chi connectivity index (χ4v) is 1.32. The lowest BCUT2D eigenvalue weighted by Crippen LogP contribution is -2.36. The molecule has 1 rings (SSSR count). The van der Waals surface area contributed by atoms with Crippen molar-refractivity contribution in [3.8, 4) is 0 Å². The average molecular weight is 229 g/mol. The zero-order valence-electron chi connectivity index (χ0n) is 9.76. The molecule has 0 aliphatic heterocycles. The SMILES string of the molecule is COC(C)C(C)NCc1cc(F)ccc1F. The Morgan fingerprint density at radius 1 is 1.31 bits per heavy atom. The third-order valence-corrected chi connectivity index (χ3v) is 2.70. The highest BCUT2D eigenvalue weighted by Crippen LogP contribution is 2.10. The lowest BCUT2D eigenvalue weighted by molar-refractivity contribution is 0.0881. The van der Waals surface area contributed by atoms with Crippen molar-refractivity contribution in [2.24, 2.45) is 0 Å². The van der Waals surface area contributed by atoms with Gasteiger partial charge in [-0.1, -0.05) is 0 Å². The van der Waals surface area contributed by atoms with Crippen molar-refractivity contribution in [1.29, 1.82) is 0 Å². The Morgan fingerprint density at radius 3 is 2.62 bits per heavy atom. The standard InChI is InChI=1S/C12H17F2NO/c1-8(9(2)16-3)15-7-10-6-11(13)4-5-12(10)14/h4-6,8-9,15H,7H2,1-3H3. The van der Waals surface area contributed by atoms with Crippen LogP contribution in [0.5, 0.6) is 0 Å². The van der Waals surface area contributed by atoms with E-state index in [1.165, 1.54) is 6.07 Å². The Kier molecular flexibility index (Phi) is 4.83. The summed E-state index contributed by atoms with van der Waals surface area (Å²) in [7, 11) is 1.62. The van der Waals surface area contributed by atoms with Crippen LogP contribution in [0.2, 0.25) is 0 Å². The van der Waals surface area contributed by atoms with E-state index in [1.54, 1.807) is 7.11 Å². The molecular formula is C12H17F2NO. The molecule has 16 heavy (non-hydrogen) atoms. The van der Waals surface area contributed by atoms with Crippen LogP contribution in [0.4, 0.5) is 8.78 Å². The number of benzene rings is 1. The van der Waals surface area contributed by atoms with Crippen molar-refractivity contribution in [3.05, 3.63) is 35.4 Å². The maximum absolute atomic E-state index is 13.3. The molecule has 0 radical (unpaired) electrons. The summed E-state index contributed by atoms with van der Waals surface area (Å²) in [5, 5.41) is 3.09. The molecule has 1 N–H and O–H groups in total. The number of hydrogen-bond acceptors (Lipinski definition) is 2. The van der Waals surface area contributed by atoms with Crippen molar-refractivity contribution >= 4 is 0 Å². The first-order valence-electron chi connectivity index (χ1n) is 5.24. The molecule has 2 atom stereocenters. The van der Waals surface area contributed by atoms with Gasteiger partial charge in [0.2, 0.25) is 0 Å². The number of rotatable bonds is 5. The van der Waals surface area contributed by atoms with E-state index in [2.05, 4.69) is 5.32 Å². The van der Waals surface area contributed by atoms with E-state index in [1.807, 2.05) is 13.8 Å². The summed E-state index contributed by atoms with van der Waals surface area (Å²) in [4.78, 5) is 0. The van der Waals surface area contributed by atoms with Crippen LogP contribution in [0.3, 0.4) is 0 Å². The zero-order valence-corrected chi connectivity index (χ0v) is 9.76. The van der Waals surface area contributed by atoms with Crippen molar-refractivity contribution in [1.82, 2.24) is 5.32 Å². The molecule has 90 valence electrons. The van der Waals surface area contributed by atoms with E-state index >= 15 is 0 Å². The highest BCUT2D eigenvalue weighted by molar-refractivity contribution is 5.18. The molecule has 2 nitrogen and oxygen atoms in total. The van der Waals surface area contributed by atoms with Gasteiger partial charge < -0.3 is 10.1 Å². The second-order valence-electron chi connectivity index (χ2n) is 3.85. The van der Waals surface area contributed by atoms with E-state index in [0.29, 0.717) is 12.1 Å². The van der Waals surface area contributed by atoms with E-state index < -0.39 is 11.6 Å². The molecule has 2 unspecified atom stereocenters. The van der Waals surface area contributed by atoms with Crippen molar-refractivity contribution in [2.45, 2.75) is 32.5 Å². The smallest absolute Gasteiger partial charge is 0.127 e. The van der Waals surface area contributed by atoms with Crippen LogP contribution in [-0.2, 0) is 11.3 Å². The molecule has 0 amide bonds. The van der Waals surface area contributed by atoms with Crippen LogP contribution >= 0.6 is 0 Å². The number of ether oxygens (including phenoxy) is 1. The average Bonchev–Trinajstić information content (AvgIpc) is 2.28. The van der Waals surface area contributed by atoms with Gasteiger partial charge in [-0.25, -0.2) is 8.78 Å². The van der Waals surface area contributed by atoms with Gasteiger partial charge >= 0.3 is 0 Å². The van der Waals surface area contributed by atoms with Crippen LogP contribution < -0.4 is 5.32 Å². The third-order valence-electron chi connectivity index (χ3n) is 2.70. The number of hydrogen-bond donors (Lipinski definition) is 1. The summed E-state index contributed by atoms with van der Waals surface area (Å²) in [5.41, 5.74) is 0.329. The van der Waals surface area contributed by atoms with E-state index in [-0.39, 0.29) is 12.1 Å². The second kappa shape index (κ2) is 5.92. The summed E-state index contributed by atoms with van der Waals surface area (Å²) in [5.74, 6) is -0.822. The maximum atomic E-state index is 13.3. The highest BCUT2D eigenvalue weighted by atomic mass is 19.1. The van der Waals surface area contributed by atoms with E-state index in [0.717, 1.165) is 12.1 Å². The quantitative estimate of drug-likeness (QED) is 0.837. The van der Waals surface area contributed by atoms with E-state index in [9.17, 15) is 8.78 Å². The van der Waals surface area contributed by atoms with Crippen LogP contribution in [0, 0.1) is 11.6 Å². The summed E-state index contributed by atoms with van der Waals surface area (Å²) in [6.07, 6.45) is 0.0246. The Hall–Kier alpha value is -1.00. The summed E-state index contributed by atoms with van der Waals surface area (Å²) < 4.78 is 31.3. The lowest BCUT2D eigenvalue weighted by atomic mass is 10.1. The van der Waals surface area contributed by atoms with Gasteiger partial charge in [-0.3, -0.25) is 0 Å². The maximum Gasteiger partial charge on any atom is 0.127 e. The molecular weight excluding hydrogens is 212 g/mol. The minimum absolute atomic E-state index is 0.0246. The Balaban J connectivity index is 2.57. The fourth-order valence-electron chi connectivity index (χ4n) is 1.32. The predicted molar refractivity (Wildman–Crippen MR) is 59.1 cm³/mol. The van der Waals surface area contributed by atoms with Crippen LogP contribution in [0.1, 0.15) is 19.4 Å². The van der Waals surface area contributed by atoms with Gasteiger partial charge in [0.1, 0.15) is 11.6 Å². The number of nitrogens with one attached hydrogen (secondary N) is 1. The molecule has 1 aromatic rings. The van der Waals surface area contributed by atoms with Crippen molar-refractivity contribution < 1.29 is 13.5 Å². The van der Waals surface area contributed by atoms with Crippen LogP contribution in [0.25, 0.3) is 0 Å². The Bertz CT molecular complexity index is 344. The number of methoxy groups -OCH3 is 1. The highest BCUT2D eigenvalue weighted by Gasteiger charge is 2.11. The summed E-state index contributed by atoms with van der Waals surface area (Å²) >= 11 is 0. The van der Waals surface area contributed by atoms with Gasteiger partial charge in [-0.15, -0.1) is 0 Å².